The molecule has 0 bridgehead atoms. The van der Waals surface area contributed by atoms with Gasteiger partial charge in [0.1, 0.15) is 0 Å². The van der Waals surface area contributed by atoms with Crippen molar-refractivity contribution in [2.24, 2.45) is 0 Å². The van der Waals surface area contributed by atoms with E-state index in [4.69, 9.17) is 5.11 Å². The third-order valence-corrected chi connectivity index (χ3v) is 12.3. The maximum absolute atomic E-state index is 10.4. The van der Waals surface area contributed by atoms with Crippen LogP contribution in [0.5, 0.6) is 0 Å². The monoisotopic (exact) mass is 246 g/mol. The van der Waals surface area contributed by atoms with Gasteiger partial charge >= 0.3 is 5.97 Å². The molecule has 0 aliphatic carbocycles. The Morgan fingerprint density at radius 2 is 1.60 bits per heavy atom. The van der Waals surface area contributed by atoms with Gasteiger partial charge in [-0.15, -0.1) is 0 Å². The fourth-order valence-corrected chi connectivity index (χ4v) is 15.8. The van der Waals surface area contributed by atoms with E-state index in [0.29, 0.717) is 6.42 Å². The van der Waals surface area contributed by atoms with Crippen LogP contribution in [-0.2, 0) is 4.79 Å². The van der Waals surface area contributed by atoms with Gasteiger partial charge in [0.2, 0.25) is 0 Å². The topological polar surface area (TPSA) is 37.3 Å². The molecule has 0 spiro atoms. The molecule has 0 saturated carbocycles. The summed E-state index contributed by atoms with van der Waals surface area (Å²) in [4.78, 5) is 10.4. The van der Waals surface area contributed by atoms with Gasteiger partial charge in [-0.25, -0.2) is 0 Å². The molecule has 15 heavy (non-hydrogen) atoms. The molecule has 0 amide bonds. The highest BCUT2D eigenvalue weighted by atomic mass is 28.4. The molecule has 0 radical (unpaired) electrons. The SMILES string of the molecule is C[Si](C)(C)C[Si](C)(C)CCCCC(=O)O. The summed E-state index contributed by atoms with van der Waals surface area (Å²) in [7, 11) is -1.97. The average molecular weight is 246 g/mol. The van der Waals surface area contributed by atoms with Gasteiger partial charge in [-0.1, -0.05) is 50.9 Å². The second kappa shape index (κ2) is 5.84. The molecule has 0 heterocycles. The third-order valence-electron chi connectivity index (χ3n) is 2.50. The molecule has 1 N–H and O–H groups in total. The van der Waals surface area contributed by atoms with Crippen LogP contribution in [0.15, 0.2) is 0 Å². The van der Waals surface area contributed by atoms with Gasteiger partial charge in [-0.3, -0.25) is 4.79 Å². The summed E-state index contributed by atoms with van der Waals surface area (Å²) in [6.45, 7) is 12.2. The molecule has 0 saturated heterocycles. The second-order valence-corrected chi connectivity index (χ2v) is 17.9. The van der Waals surface area contributed by atoms with Crippen LogP contribution < -0.4 is 0 Å². The Hall–Kier alpha value is -0.0962. The predicted molar refractivity (Wildman–Crippen MR) is 71.9 cm³/mol. The lowest BCUT2D eigenvalue weighted by molar-refractivity contribution is -0.137. The summed E-state index contributed by atoms with van der Waals surface area (Å²) in [5, 5.41) is 8.55. The van der Waals surface area contributed by atoms with E-state index in [1.54, 1.807) is 0 Å². The first kappa shape index (κ1) is 14.9. The summed E-state index contributed by atoms with van der Waals surface area (Å²) in [5.41, 5.74) is 1.47. The maximum Gasteiger partial charge on any atom is 0.303 e. The van der Waals surface area contributed by atoms with Crippen molar-refractivity contribution in [3.63, 3.8) is 0 Å². The molecular formula is C11H26O2Si2. The van der Waals surface area contributed by atoms with Crippen molar-refractivity contribution in [2.45, 2.75) is 63.7 Å². The Morgan fingerprint density at radius 1 is 1.07 bits per heavy atom. The first-order valence-corrected chi connectivity index (χ1v) is 13.0. The summed E-state index contributed by atoms with van der Waals surface area (Å²) in [5.74, 6) is -0.653. The lowest BCUT2D eigenvalue weighted by Gasteiger charge is -2.29. The number of unbranched alkanes of at least 4 members (excludes halogenated alkanes) is 1. The molecule has 0 rings (SSSR count). The third kappa shape index (κ3) is 10.2. The van der Waals surface area contributed by atoms with Crippen molar-refractivity contribution >= 4 is 22.1 Å². The molecule has 2 nitrogen and oxygen atoms in total. The highest BCUT2D eigenvalue weighted by Crippen LogP contribution is 2.25. The van der Waals surface area contributed by atoms with E-state index in [2.05, 4.69) is 32.7 Å². The van der Waals surface area contributed by atoms with Gasteiger partial charge in [-0.05, 0) is 6.42 Å². The van der Waals surface area contributed by atoms with Crippen molar-refractivity contribution in [3.05, 3.63) is 0 Å². The number of rotatable bonds is 7. The number of hydrogen-bond donors (Lipinski definition) is 1. The predicted octanol–water partition coefficient (Wildman–Crippen LogP) is 3.83. The minimum Gasteiger partial charge on any atom is -0.481 e. The van der Waals surface area contributed by atoms with E-state index in [1.807, 2.05) is 0 Å². The summed E-state index contributed by atoms with van der Waals surface area (Å²) < 4.78 is 0. The van der Waals surface area contributed by atoms with Gasteiger partial charge in [0.15, 0.2) is 0 Å². The summed E-state index contributed by atoms with van der Waals surface area (Å²) in [6.07, 6.45) is 2.31. The smallest absolute Gasteiger partial charge is 0.303 e. The Bertz CT molecular complexity index is 207. The molecule has 0 aromatic rings. The molecule has 0 aliphatic rings. The zero-order valence-corrected chi connectivity index (χ0v) is 12.9. The van der Waals surface area contributed by atoms with Crippen LogP contribution in [0.2, 0.25) is 44.4 Å². The van der Waals surface area contributed by atoms with Crippen molar-refractivity contribution in [1.29, 1.82) is 0 Å². The van der Waals surface area contributed by atoms with Crippen LogP contribution in [0.1, 0.15) is 19.3 Å². The normalized spacial score (nSPS) is 12.9. The molecule has 0 unspecified atom stereocenters. The Morgan fingerprint density at radius 3 is 2.00 bits per heavy atom. The number of carboxylic acid groups (broad SMARTS) is 1. The Balaban J connectivity index is 3.79. The van der Waals surface area contributed by atoms with E-state index in [1.165, 1.54) is 11.7 Å². The minimum absolute atomic E-state index is 0.345. The summed E-state index contributed by atoms with van der Waals surface area (Å²) in [6, 6.07) is 1.30. The molecule has 0 aliphatic heterocycles. The highest BCUT2D eigenvalue weighted by molar-refractivity contribution is 6.94. The van der Waals surface area contributed by atoms with Gasteiger partial charge in [0.05, 0.1) is 0 Å². The van der Waals surface area contributed by atoms with E-state index in [0.717, 1.165) is 12.8 Å². The van der Waals surface area contributed by atoms with E-state index in [-0.39, 0.29) is 0 Å². The molecule has 0 aromatic heterocycles. The average Bonchev–Trinajstić information content (AvgIpc) is 1.93. The number of carbonyl (C=O) groups is 1. The van der Waals surface area contributed by atoms with Crippen LogP contribution in [0.4, 0.5) is 0 Å². The van der Waals surface area contributed by atoms with Crippen molar-refractivity contribution < 1.29 is 9.90 Å². The van der Waals surface area contributed by atoms with E-state index in [9.17, 15) is 4.79 Å². The zero-order valence-electron chi connectivity index (χ0n) is 10.9. The molecule has 0 atom stereocenters. The second-order valence-electron chi connectivity index (χ2n) is 6.50. The van der Waals surface area contributed by atoms with Gasteiger partial charge in [0.25, 0.3) is 0 Å². The maximum atomic E-state index is 10.4. The molecule has 0 fully saturated rings. The lowest BCUT2D eigenvalue weighted by Crippen LogP contribution is -2.37. The first-order chi connectivity index (χ1) is 6.62. The van der Waals surface area contributed by atoms with Crippen molar-refractivity contribution in [1.82, 2.24) is 0 Å². The van der Waals surface area contributed by atoms with E-state index >= 15 is 0 Å². The quantitative estimate of drug-likeness (QED) is 0.547. The number of hydrogen-bond acceptors (Lipinski definition) is 1. The Kier molecular flexibility index (Phi) is 5.81. The van der Waals surface area contributed by atoms with Crippen LogP contribution in [-0.4, -0.2) is 27.2 Å². The van der Waals surface area contributed by atoms with Gasteiger partial charge in [-0.2, -0.15) is 0 Å². The van der Waals surface area contributed by atoms with Crippen LogP contribution in [0.3, 0.4) is 0 Å². The van der Waals surface area contributed by atoms with Gasteiger partial charge < -0.3 is 5.11 Å². The minimum atomic E-state index is -1.04. The van der Waals surface area contributed by atoms with E-state index < -0.39 is 22.1 Å². The zero-order chi connectivity index (χ0) is 12.1. The van der Waals surface area contributed by atoms with Crippen molar-refractivity contribution in [2.75, 3.05) is 0 Å². The largest absolute Gasteiger partial charge is 0.481 e. The molecule has 90 valence electrons. The van der Waals surface area contributed by atoms with Crippen LogP contribution in [0.25, 0.3) is 0 Å². The fraction of sp³-hybridized carbons (Fsp3) is 0.909. The lowest BCUT2D eigenvalue weighted by atomic mass is 10.2. The molecule has 4 heteroatoms. The Labute approximate surface area is 96.1 Å². The van der Waals surface area contributed by atoms with Crippen LogP contribution in [0, 0.1) is 0 Å². The standard InChI is InChI=1S/C11H26O2Si2/c1-14(2,3)10-15(4,5)9-7-6-8-11(12)13/h6-10H2,1-5H3,(H,12,13). The summed E-state index contributed by atoms with van der Waals surface area (Å²) >= 11 is 0. The fourth-order valence-electron chi connectivity index (χ4n) is 2.40. The van der Waals surface area contributed by atoms with Gasteiger partial charge in [0, 0.05) is 22.6 Å². The van der Waals surface area contributed by atoms with Crippen molar-refractivity contribution in [3.8, 4) is 0 Å². The number of carboxylic acids is 1. The molecule has 0 aromatic carbocycles. The number of aliphatic carboxylic acids is 1. The first-order valence-electron chi connectivity index (χ1n) is 5.84. The molecular weight excluding hydrogens is 220 g/mol. The van der Waals surface area contributed by atoms with Crippen LogP contribution >= 0.6 is 0 Å². The highest BCUT2D eigenvalue weighted by Gasteiger charge is 2.27.